The molecule has 0 rings (SSSR count). The molecule has 1 amide bonds. The molecule has 0 aromatic rings. The highest BCUT2D eigenvalue weighted by Gasteiger charge is 2.28. The Morgan fingerprint density at radius 2 is 0.983 bits per heavy atom. The van der Waals surface area contributed by atoms with E-state index in [1.807, 2.05) is 0 Å². The number of nitrogens with one attached hydrogen (secondary N) is 1. The number of rotatable bonds is 40. The van der Waals surface area contributed by atoms with Gasteiger partial charge in [0.05, 0.1) is 13.2 Å². The van der Waals surface area contributed by atoms with E-state index in [0.29, 0.717) is 12.8 Å². The van der Waals surface area contributed by atoms with Gasteiger partial charge in [-0.05, 0) is 89.9 Å². The number of hydrogen-bond donors (Lipinski definition) is 4. The third kappa shape index (κ3) is 41.2. The van der Waals surface area contributed by atoms with Crippen molar-refractivity contribution in [1.29, 1.82) is 0 Å². The highest BCUT2D eigenvalue weighted by Crippen LogP contribution is 2.43. The number of phosphoric acid groups is 1. The van der Waals surface area contributed by atoms with Crippen LogP contribution in [-0.2, 0) is 32.7 Å². The van der Waals surface area contributed by atoms with Crippen molar-refractivity contribution in [1.82, 2.24) is 5.32 Å². The van der Waals surface area contributed by atoms with Gasteiger partial charge in [-0.25, -0.2) is 9.36 Å². The Balaban J connectivity index is 3.99. The summed E-state index contributed by atoms with van der Waals surface area (Å²) in [4.78, 5) is 45.9. The predicted molar refractivity (Wildman–Crippen MR) is 240 cm³/mol. The van der Waals surface area contributed by atoms with E-state index < -0.39 is 57.6 Å². The van der Waals surface area contributed by atoms with Crippen LogP contribution in [0.1, 0.15) is 162 Å². The molecule has 3 atom stereocenters. The zero-order chi connectivity index (χ0) is 43.5. The number of aliphatic carboxylic acids is 1. The summed E-state index contributed by atoms with van der Waals surface area (Å²) in [5.41, 5.74) is 0. The second kappa shape index (κ2) is 41.4. The van der Waals surface area contributed by atoms with Gasteiger partial charge in [-0.1, -0.05) is 144 Å². The lowest BCUT2D eigenvalue weighted by molar-refractivity contribution is -0.147. The van der Waals surface area contributed by atoms with Crippen LogP contribution in [0.25, 0.3) is 0 Å². The lowest BCUT2D eigenvalue weighted by Crippen LogP contribution is -2.43. The molecule has 0 aliphatic rings. The highest BCUT2D eigenvalue weighted by molar-refractivity contribution is 7.47. The fraction of sp³-hybridized carbons (Fsp3) is 0.638. The van der Waals surface area contributed by atoms with E-state index in [2.05, 4.69) is 104 Å². The van der Waals surface area contributed by atoms with Gasteiger partial charge in [0.25, 0.3) is 0 Å². The minimum absolute atomic E-state index is 0.123. The number of carboxylic acid groups (broad SMARTS) is 1. The SMILES string of the molecule is CC/C=C\C/C=C\C/C=C\C/C=C\C/C=C\CCCCCC(=O)OCC(O)COP(=O)(O)OCC(NC(=O)CCCCCCC/C=C\C/C=C\CCCCCC)C(=O)O. The lowest BCUT2D eigenvalue weighted by Gasteiger charge is -2.18. The van der Waals surface area contributed by atoms with Gasteiger partial charge in [-0.15, -0.1) is 0 Å². The number of unbranched alkanes of at least 4 members (excludes halogenated alkanes) is 12. The second-order valence-electron chi connectivity index (χ2n) is 14.5. The van der Waals surface area contributed by atoms with E-state index in [1.165, 1.54) is 25.7 Å². The van der Waals surface area contributed by atoms with E-state index >= 15 is 0 Å². The number of phosphoric ester groups is 1. The number of ether oxygens (including phenoxy) is 1. The molecular weight excluding hydrogens is 769 g/mol. The maximum atomic E-state index is 12.3. The fourth-order valence-electron chi connectivity index (χ4n) is 5.49. The molecule has 0 aliphatic carbocycles. The molecule has 0 heterocycles. The molecule has 0 radical (unpaired) electrons. The Morgan fingerprint density at radius 1 is 0.559 bits per heavy atom. The molecule has 0 aromatic carbocycles. The van der Waals surface area contributed by atoms with Crippen molar-refractivity contribution >= 4 is 25.7 Å². The number of carboxylic acids is 1. The number of carbonyl (C=O) groups excluding carboxylic acids is 2. The van der Waals surface area contributed by atoms with Crippen molar-refractivity contribution in [2.45, 2.75) is 174 Å². The summed E-state index contributed by atoms with van der Waals surface area (Å²) in [5, 5.41) is 21.8. The fourth-order valence-corrected chi connectivity index (χ4v) is 6.26. The Hall–Kier alpha value is -3.34. The molecule has 336 valence electrons. The molecule has 0 fully saturated rings. The summed E-state index contributed by atoms with van der Waals surface area (Å²) < 4.78 is 26.8. The van der Waals surface area contributed by atoms with Gasteiger partial charge in [0, 0.05) is 12.8 Å². The smallest absolute Gasteiger partial charge is 0.472 e. The van der Waals surface area contributed by atoms with Crippen molar-refractivity contribution in [2.75, 3.05) is 19.8 Å². The summed E-state index contributed by atoms with van der Waals surface area (Å²) in [6.07, 6.45) is 50.3. The van der Waals surface area contributed by atoms with Crippen LogP contribution in [0.15, 0.2) is 85.1 Å². The number of hydrogen-bond acceptors (Lipinski definition) is 8. The van der Waals surface area contributed by atoms with E-state index in [1.54, 1.807) is 0 Å². The van der Waals surface area contributed by atoms with E-state index in [9.17, 15) is 34.1 Å². The van der Waals surface area contributed by atoms with Crippen LogP contribution >= 0.6 is 7.82 Å². The normalized spacial score (nSPS) is 14.5. The Morgan fingerprint density at radius 3 is 1.49 bits per heavy atom. The van der Waals surface area contributed by atoms with Crippen molar-refractivity contribution in [2.24, 2.45) is 0 Å². The minimum atomic E-state index is -4.77. The highest BCUT2D eigenvalue weighted by atomic mass is 31.2. The monoisotopic (exact) mass is 848 g/mol. The topological polar surface area (TPSA) is 169 Å². The third-order valence-electron chi connectivity index (χ3n) is 8.92. The molecule has 0 aliphatic heterocycles. The first kappa shape index (κ1) is 55.7. The summed E-state index contributed by atoms with van der Waals surface area (Å²) in [5.74, 6) is -2.44. The molecule has 11 nitrogen and oxygen atoms in total. The standard InChI is InChI=1S/C47H78NO10P/c1-3-5-7-9-11-13-15-17-19-21-22-23-25-27-29-31-33-35-37-39-46(51)56-40-43(49)41-57-59(54,55)58-42-44(47(52)53)48-45(50)38-36-34-32-30-28-26-24-20-18-16-14-12-10-8-6-4-2/h5,7,11,13-14,16-17,19-20,22-24,27,29,43-44,49H,3-4,6,8-10,12,15,18,21,25-26,28,30-42H2,1-2H3,(H,48,50)(H,52,53)(H,54,55)/b7-5-,13-11-,16-14-,19-17-,23-22-,24-20-,29-27-. The van der Waals surface area contributed by atoms with E-state index in [4.69, 9.17) is 13.8 Å². The van der Waals surface area contributed by atoms with Gasteiger partial charge in [-0.3, -0.25) is 18.6 Å². The number of carbonyl (C=O) groups is 3. The predicted octanol–water partition coefficient (Wildman–Crippen LogP) is 11.5. The first-order valence-corrected chi connectivity index (χ1v) is 23.6. The summed E-state index contributed by atoms with van der Waals surface area (Å²) in [6, 6.07) is -1.56. The molecule has 12 heteroatoms. The summed E-state index contributed by atoms with van der Waals surface area (Å²) in [6.45, 7) is 2.40. The van der Waals surface area contributed by atoms with Gasteiger partial charge in [0.15, 0.2) is 6.04 Å². The molecule has 0 spiro atoms. The van der Waals surface area contributed by atoms with Gasteiger partial charge in [-0.2, -0.15) is 0 Å². The second-order valence-corrected chi connectivity index (χ2v) is 16.0. The summed E-state index contributed by atoms with van der Waals surface area (Å²) in [7, 11) is -4.77. The third-order valence-corrected chi connectivity index (χ3v) is 9.87. The Labute approximate surface area is 356 Å². The molecule has 3 unspecified atom stereocenters. The van der Waals surface area contributed by atoms with Crippen molar-refractivity contribution < 1.29 is 47.8 Å². The zero-order valence-electron chi connectivity index (χ0n) is 36.3. The largest absolute Gasteiger partial charge is 0.480 e. The summed E-state index contributed by atoms with van der Waals surface area (Å²) >= 11 is 0. The molecule has 0 saturated heterocycles. The van der Waals surface area contributed by atoms with Gasteiger partial charge >= 0.3 is 19.8 Å². The number of allylic oxidation sites excluding steroid dienone is 14. The number of aliphatic hydroxyl groups is 1. The quantitative estimate of drug-likeness (QED) is 0.0201. The van der Waals surface area contributed by atoms with Crippen LogP contribution in [0.3, 0.4) is 0 Å². The van der Waals surface area contributed by atoms with E-state index in [0.717, 1.165) is 96.3 Å². The van der Waals surface area contributed by atoms with Gasteiger partial charge in [0.1, 0.15) is 12.7 Å². The maximum Gasteiger partial charge on any atom is 0.472 e. The Bertz CT molecular complexity index is 1320. The molecule has 59 heavy (non-hydrogen) atoms. The number of esters is 1. The molecule has 0 bridgehead atoms. The van der Waals surface area contributed by atoms with Gasteiger partial charge in [0.2, 0.25) is 5.91 Å². The van der Waals surface area contributed by atoms with E-state index in [-0.39, 0.29) is 12.8 Å². The van der Waals surface area contributed by atoms with Crippen LogP contribution in [0.4, 0.5) is 0 Å². The average molecular weight is 848 g/mol. The molecule has 0 saturated carbocycles. The first-order valence-electron chi connectivity index (χ1n) is 22.1. The minimum Gasteiger partial charge on any atom is -0.480 e. The molecule has 4 N–H and O–H groups in total. The molecule has 0 aromatic heterocycles. The zero-order valence-corrected chi connectivity index (χ0v) is 37.2. The van der Waals surface area contributed by atoms with Crippen molar-refractivity contribution in [3.8, 4) is 0 Å². The van der Waals surface area contributed by atoms with Crippen LogP contribution in [0.2, 0.25) is 0 Å². The first-order chi connectivity index (χ1) is 28.6. The number of aliphatic hydroxyl groups excluding tert-OH is 1. The lowest BCUT2D eigenvalue weighted by atomic mass is 10.1. The van der Waals surface area contributed by atoms with Crippen LogP contribution < -0.4 is 5.32 Å². The Kier molecular flexibility index (Phi) is 39.1. The number of amides is 1. The van der Waals surface area contributed by atoms with Gasteiger partial charge < -0.3 is 25.2 Å². The average Bonchev–Trinajstić information content (AvgIpc) is 3.21. The van der Waals surface area contributed by atoms with Crippen LogP contribution in [0.5, 0.6) is 0 Å². The van der Waals surface area contributed by atoms with Crippen LogP contribution in [-0.4, -0.2) is 64.9 Å². The maximum absolute atomic E-state index is 12.3. The molecular formula is C47H78NO10P. The van der Waals surface area contributed by atoms with Crippen LogP contribution in [0, 0.1) is 0 Å². The van der Waals surface area contributed by atoms with Crippen molar-refractivity contribution in [3.05, 3.63) is 85.1 Å². The van der Waals surface area contributed by atoms with Crippen molar-refractivity contribution in [3.63, 3.8) is 0 Å².